The van der Waals surface area contributed by atoms with Crippen LogP contribution in [0.15, 0.2) is 47.2 Å². The number of fused-ring (bicyclic) bond motifs is 1. The number of anilines is 1. The lowest BCUT2D eigenvalue weighted by atomic mass is 9.68. The number of methoxy groups -OCH3 is 1. The molecule has 2 aliphatic carbocycles. The maximum Gasteiger partial charge on any atom is 0.349 e. The molecule has 12 nitrogen and oxygen atoms in total. The molecule has 5 atom stereocenters. The zero-order chi connectivity index (χ0) is 39.1. The molecule has 0 bridgehead atoms. The second-order valence-corrected chi connectivity index (χ2v) is 17.4. The smallest absolute Gasteiger partial charge is 0.349 e. The number of halogens is 1. The van der Waals surface area contributed by atoms with E-state index in [-0.39, 0.29) is 48.3 Å². The summed E-state index contributed by atoms with van der Waals surface area (Å²) in [6, 6.07) is 10.6. The van der Waals surface area contributed by atoms with E-state index in [1.54, 1.807) is 31.4 Å². The van der Waals surface area contributed by atoms with Crippen LogP contribution in [-0.4, -0.2) is 102 Å². The van der Waals surface area contributed by atoms with Crippen LogP contribution >= 0.6 is 34.3 Å². The van der Waals surface area contributed by atoms with Crippen molar-refractivity contribution in [2.24, 2.45) is 11.8 Å². The van der Waals surface area contributed by atoms with Crippen LogP contribution in [0.3, 0.4) is 0 Å². The van der Waals surface area contributed by atoms with Gasteiger partial charge in [0, 0.05) is 38.0 Å². The number of benzene rings is 1. The van der Waals surface area contributed by atoms with Crippen molar-refractivity contribution in [1.29, 1.82) is 0 Å². The first-order valence-corrected chi connectivity index (χ1v) is 21.4. The number of aliphatic hydroxyl groups excluding tert-OH is 2. The Morgan fingerprint density at radius 1 is 1.07 bits per heavy atom. The number of aliphatic hydroxyl groups is 3. The van der Waals surface area contributed by atoms with Crippen molar-refractivity contribution in [2.45, 2.75) is 100 Å². The van der Waals surface area contributed by atoms with Crippen LogP contribution in [0.2, 0.25) is 5.02 Å². The summed E-state index contributed by atoms with van der Waals surface area (Å²) < 4.78 is 11.5. The largest absolute Gasteiger partial charge is 0.496 e. The number of carbonyl (C=O) groups excluding carboxylic acids is 3. The SMILES string of the molecule is COc1cc(NC(=O)CCN(C)C2CCC(OC(=O)C(O)(c3cccs3)c3cccs3)CC2)c(Cl)cc1CCNC[C@H](O)C1CCC(O)C2NC(=O)CCC21. The summed E-state index contributed by atoms with van der Waals surface area (Å²) in [5.74, 6) is -0.191. The minimum atomic E-state index is -1.82. The molecule has 0 radical (unpaired) electrons. The Balaban J connectivity index is 0.922. The zero-order valence-electron chi connectivity index (χ0n) is 31.4. The fraction of sp³-hybridized carbons (Fsp3) is 0.575. The topological polar surface area (TPSA) is 170 Å². The summed E-state index contributed by atoms with van der Waals surface area (Å²) in [6.07, 6.45) is 4.70. The second-order valence-electron chi connectivity index (χ2n) is 15.0. The lowest BCUT2D eigenvalue weighted by Crippen LogP contribution is -2.58. The van der Waals surface area contributed by atoms with E-state index in [2.05, 4.69) is 20.9 Å². The minimum Gasteiger partial charge on any atom is -0.496 e. The number of carbonyl (C=O) groups is 3. The Labute approximate surface area is 335 Å². The summed E-state index contributed by atoms with van der Waals surface area (Å²) in [7, 11) is 3.57. The molecule has 300 valence electrons. The molecular weight excluding hydrogens is 764 g/mol. The maximum atomic E-state index is 13.4. The highest BCUT2D eigenvalue weighted by atomic mass is 35.5. The van der Waals surface area contributed by atoms with Crippen molar-refractivity contribution < 1.29 is 39.2 Å². The molecule has 2 aromatic heterocycles. The van der Waals surface area contributed by atoms with Crippen molar-refractivity contribution in [3.05, 3.63) is 67.5 Å². The van der Waals surface area contributed by atoms with Crippen LogP contribution in [0.25, 0.3) is 0 Å². The predicted molar refractivity (Wildman–Crippen MR) is 214 cm³/mol. The second kappa shape index (κ2) is 18.9. The molecule has 1 aliphatic heterocycles. The van der Waals surface area contributed by atoms with E-state index in [4.69, 9.17) is 21.1 Å². The van der Waals surface area contributed by atoms with Crippen LogP contribution in [0.4, 0.5) is 5.69 Å². The predicted octanol–water partition coefficient (Wildman–Crippen LogP) is 4.68. The molecule has 0 spiro atoms. The normalized spacial score (nSPS) is 24.8. The van der Waals surface area contributed by atoms with E-state index in [0.717, 1.165) is 18.4 Å². The molecule has 3 aromatic rings. The van der Waals surface area contributed by atoms with Gasteiger partial charge in [-0.25, -0.2) is 4.79 Å². The van der Waals surface area contributed by atoms with Gasteiger partial charge in [-0.2, -0.15) is 0 Å². The molecule has 4 unspecified atom stereocenters. The third kappa shape index (κ3) is 9.90. The maximum absolute atomic E-state index is 13.4. The highest BCUT2D eigenvalue weighted by Gasteiger charge is 2.46. The summed E-state index contributed by atoms with van der Waals surface area (Å²) in [6.45, 7) is 1.50. The summed E-state index contributed by atoms with van der Waals surface area (Å²) >= 11 is 9.28. The Morgan fingerprint density at radius 3 is 2.44 bits per heavy atom. The highest BCUT2D eigenvalue weighted by Crippen LogP contribution is 2.39. The quantitative estimate of drug-likeness (QED) is 0.0882. The lowest BCUT2D eigenvalue weighted by Gasteiger charge is -2.45. The van der Waals surface area contributed by atoms with Crippen LogP contribution in [-0.2, 0) is 31.1 Å². The molecular formula is C40H53ClN4O8S2. The van der Waals surface area contributed by atoms with Gasteiger partial charge < -0.3 is 45.6 Å². The van der Waals surface area contributed by atoms with Gasteiger partial charge in [-0.1, -0.05) is 23.7 Å². The van der Waals surface area contributed by atoms with Crippen molar-refractivity contribution in [3.8, 4) is 5.75 Å². The van der Waals surface area contributed by atoms with Gasteiger partial charge in [-0.3, -0.25) is 9.59 Å². The van der Waals surface area contributed by atoms with Gasteiger partial charge in [-0.15, -0.1) is 22.7 Å². The number of ether oxygens (including phenoxy) is 2. The first-order chi connectivity index (χ1) is 26.5. The number of esters is 1. The molecule has 2 amide bonds. The number of thiophene rings is 2. The lowest BCUT2D eigenvalue weighted by molar-refractivity contribution is -0.169. The Bertz CT molecular complexity index is 1700. The molecule has 1 saturated heterocycles. The van der Waals surface area contributed by atoms with E-state index in [1.165, 1.54) is 22.7 Å². The van der Waals surface area contributed by atoms with E-state index < -0.39 is 23.8 Å². The summed E-state index contributed by atoms with van der Waals surface area (Å²) in [5.41, 5.74) is -0.478. The Kier molecular flexibility index (Phi) is 14.3. The number of amides is 2. The average Bonchev–Trinajstić information content (AvgIpc) is 3.93. The van der Waals surface area contributed by atoms with Gasteiger partial charge in [0.1, 0.15) is 11.9 Å². The molecule has 1 aromatic carbocycles. The molecule has 3 aliphatic rings. The van der Waals surface area contributed by atoms with E-state index in [0.29, 0.717) is 90.8 Å². The number of hydrogen-bond donors (Lipinski definition) is 6. The monoisotopic (exact) mass is 816 g/mol. The van der Waals surface area contributed by atoms with Crippen molar-refractivity contribution in [2.75, 3.05) is 39.1 Å². The van der Waals surface area contributed by atoms with Gasteiger partial charge in [0.2, 0.25) is 17.4 Å². The number of piperidine rings is 1. The fourth-order valence-electron chi connectivity index (χ4n) is 8.44. The number of nitrogens with one attached hydrogen (secondary N) is 3. The average molecular weight is 817 g/mol. The standard InChI is InChI=1S/C40H53ClN4O8S2/c1-45(25-7-9-26(10-8-25)53-39(50)40(51,34-5-3-19-54-34)35-6-4-20-55-35)18-16-37(49)43-30-22-33(52-2)24(21-29(30)41)15-17-42-23-32(47)27-11-13-31(46)38-28(27)12-14-36(48)44-38/h3-6,19-22,25-28,31-32,38,42,46-47,51H,7-18,23H2,1-2H3,(H,43,49)(H,44,48)/t25?,26?,27?,28?,31?,32-,38?/m0/s1. The fourth-order valence-corrected chi connectivity index (χ4v) is 10.4. The third-order valence-electron chi connectivity index (χ3n) is 11.6. The molecule has 15 heteroatoms. The minimum absolute atomic E-state index is 0.00216. The first kappa shape index (κ1) is 41.6. The van der Waals surface area contributed by atoms with Gasteiger partial charge in [0.25, 0.3) is 0 Å². The van der Waals surface area contributed by atoms with E-state index >= 15 is 0 Å². The van der Waals surface area contributed by atoms with Crippen molar-refractivity contribution >= 4 is 57.7 Å². The molecule has 3 heterocycles. The molecule has 6 N–H and O–H groups in total. The number of hydrogen-bond acceptors (Lipinski definition) is 12. The molecule has 3 fully saturated rings. The van der Waals surface area contributed by atoms with Gasteiger partial charge in [-0.05, 0) is 111 Å². The van der Waals surface area contributed by atoms with Gasteiger partial charge in [0.05, 0.1) is 45.8 Å². The van der Waals surface area contributed by atoms with Crippen LogP contribution in [0, 0.1) is 11.8 Å². The highest BCUT2D eigenvalue weighted by molar-refractivity contribution is 7.12. The molecule has 55 heavy (non-hydrogen) atoms. The summed E-state index contributed by atoms with van der Waals surface area (Å²) in [5, 5.41) is 46.3. The van der Waals surface area contributed by atoms with Gasteiger partial charge >= 0.3 is 5.97 Å². The van der Waals surface area contributed by atoms with Gasteiger partial charge in [0.15, 0.2) is 0 Å². The first-order valence-electron chi connectivity index (χ1n) is 19.2. The molecule has 2 saturated carbocycles. The van der Waals surface area contributed by atoms with Crippen molar-refractivity contribution in [1.82, 2.24) is 15.5 Å². The Hall–Kier alpha value is -3.08. The van der Waals surface area contributed by atoms with Crippen LogP contribution < -0.4 is 20.7 Å². The summed E-state index contributed by atoms with van der Waals surface area (Å²) in [4.78, 5) is 41.6. The zero-order valence-corrected chi connectivity index (χ0v) is 33.8. The Morgan fingerprint density at radius 2 is 1.78 bits per heavy atom. The third-order valence-corrected chi connectivity index (χ3v) is 13.9. The van der Waals surface area contributed by atoms with Crippen LogP contribution in [0.5, 0.6) is 5.75 Å². The number of nitrogens with zero attached hydrogens (tertiary/aromatic N) is 1. The number of rotatable bonds is 16. The van der Waals surface area contributed by atoms with Crippen molar-refractivity contribution in [3.63, 3.8) is 0 Å². The van der Waals surface area contributed by atoms with Crippen LogP contribution in [0.1, 0.15) is 73.1 Å². The molecule has 6 rings (SSSR count). The van der Waals surface area contributed by atoms with E-state index in [1.807, 2.05) is 29.9 Å². The van der Waals surface area contributed by atoms with E-state index in [9.17, 15) is 29.7 Å².